The number of aromatic nitrogens is 1. The second kappa shape index (κ2) is 11.2. The minimum Gasteiger partial charge on any atom is -0.497 e. The molecule has 0 atom stereocenters. The Kier molecular flexibility index (Phi) is 7.87. The van der Waals surface area contributed by atoms with Gasteiger partial charge < -0.3 is 14.6 Å². The Bertz CT molecular complexity index is 1300. The van der Waals surface area contributed by atoms with Gasteiger partial charge in [-0.25, -0.2) is 8.78 Å². The summed E-state index contributed by atoms with van der Waals surface area (Å²) >= 11 is 1.68. The van der Waals surface area contributed by atoms with Crippen molar-refractivity contribution in [1.82, 2.24) is 9.88 Å². The quantitative estimate of drug-likeness (QED) is 0.275. The third-order valence-corrected chi connectivity index (χ3v) is 6.51. The molecule has 4 aromatic rings. The van der Waals surface area contributed by atoms with Gasteiger partial charge in [0.25, 0.3) is 0 Å². The first-order valence-corrected chi connectivity index (χ1v) is 12.4. The zero-order valence-corrected chi connectivity index (χ0v) is 20.4. The number of hydrogen-bond acceptors (Lipinski definition) is 3. The summed E-state index contributed by atoms with van der Waals surface area (Å²) in [5.41, 5.74) is 4.12. The first kappa shape index (κ1) is 24.5. The molecule has 0 unspecified atom stereocenters. The molecular formula is C28H26F2N2O2S. The number of benzene rings is 3. The lowest BCUT2D eigenvalue weighted by atomic mass is 10.1. The molecule has 4 nitrogen and oxygen atoms in total. The molecule has 1 amide bonds. The third kappa shape index (κ3) is 5.92. The Labute approximate surface area is 207 Å². The van der Waals surface area contributed by atoms with Gasteiger partial charge in [-0.05, 0) is 97.1 Å². The normalized spacial score (nSPS) is 10.9. The second-order valence-electron chi connectivity index (χ2n) is 7.98. The zero-order chi connectivity index (χ0) is 24.8. The zero-order valence-electron chi connectivity index (χ0n) is 19.6. The van der Waals surface area contributed by atoms with Crippen molar-refractivity contribution >= 4 is 17.7 Å². The molecule has 3 aromatic carbocycles. The molecule has 0 spiro atoms. The van der Waals surface area contributed by atoms with Gasteiger partial charge in [-0.3, -0.25) is 4.79 Å². The number of nitrogens with one attached hydrogen (secondary N) is 1. The molecule has 0 aliphatic heterocycles. The van der Waals surface area contributed by atoms with Crippen molar-refractivity contribution in [3.8, 4) is 22.7 Å². The minimum absolute atomic E-state index is 0.0588. The maximum absolute atomic E-state index is 13.8. The first-order valence-electron chi connectivity index (χ1n) is 11.2. The van der Waals surface area contributed by atoms with E-state index in [0.29, 0.717) is 6.42 Å². The Morgan fingerprint density at radius 2 is 1.71 bits per heavy atom. The van der Waals surface area contributed by atoms with Crippen LogP contribution in [0.25, 0.3) is 16.9 Å². The maximum Gasteiger partial charge on any atom is 0.220 e. The SMILES string of the molecule is COc1ccc(-c2ccc(CCC(=O)NCc3cc(F)ccc3F)n2-c2ccc(SC)cc2)cc1. The predicted molar refractivity (Wildman–Crippen MR) is 136 cm³/mol. The highest BCUT2D eigenvalue weighted by Crippen LogP contribution is 2.30. The molecule has 1 N–H and O–H groups in total. The Morgan fingerprint density at radius 1 is 0.971 bits per heavy atom. The summed E-state index contributed by atoms with van der Waals surface area (Å²) in [6, 6.07) is 23.4. The van der Waals surface area contributed by atoms with Gasteiger partial charge in [0.2, 0.25) is 5.91 Å². The van der Waals surface area contributed by atoms with Crippen molar-refractivity contribution in [3.63, 3.8) is 0 Å². The summed E-state index contributed by atoms with van der Waals surface area (Å²) in [6.07, 6.45) is 2.73. The van der Waals surface area contributed by atoms with Crippen LogP contribution >= 0.6 is 11.8 Å². The molecule has 0 bridgehead atoms. The lowest BCUT2D eigenvalue weighted by Gasteiger charge is -2.15. The van der Waals surface area contributed by atoms with Gasteiger partial charge in [0, 0.05) is 34.8 Å². The Hall–Kier alpha value is -3.58. The van der Waals surface area contributed by atoms with Crippen LogP contribution in [0.15, 0.2) is 83.8 Å². The summed E-state index contributed by atoms with van der Waals surface area (Å²) < 4.78 is 34.7. The third-order valence-electron chi connectivity index (χ3n) is 5.77. The fourth-order valence-corrected chi connectivity index (χ4v) is 4.31. The maximum atomic E-state index is 13.8. The number of amides is 1. The lowest BCUT2D eigenvalue weighted by Crippen LogP contribution is -2.24. The lowest BCUT2D eigenvalue weighted by molar-refractivity contribution is -0.121. The van der Waals surface area contributed by atoms with Gasteiger partial charge in [-0.1, -0.05) is 0 Å². The molecule has 35 heavy (non-hydrogen) atoms. The van der Waals surface area contributed by atoms with Crippen molar-refractivity contribution < 1.29 is 18.3 Å². The number of carbonyl (C=O) groups is 1. The number of aryl methyl sites for hydroxylation is 1. The van der Waals surface area contributed by atoms with E-state index in [0.717, 1.165) is 51.5 Å². The van der Waals surface area contributed by atoms with E-state index in [9.17, 15) is 13.6 Å². The fourth-order valence-electron chi connectivity index (χ4n) is 3.90. The topological polar surface area (TPSA) is 43.3 Å². The molecule has 7 heteroatoms. The molecule has 1 aromatic heterocycles. The van der Waals surface area contributed by atoms with Crippen molar-refractivity contribution in [2.45, 2.75) is 24.3 Å². The number of hydrogen-bond donors (Lipinski definition) is 1. The van der Waals surface area contributed by atoms with Crippen LogP contribution in [0.5, 0.6) is 5.75 Å². The van der Waals surface area contributed by atoms with E-state index < -0.39 is 11.6 Å². The highest BCUT2D eigenvalue weighted by Gasteiger charge is 2.14. The molecule has 0 aliphatic carbocycles. The number of halogens is 2. The van der Waals surface area contributed by atoms with Crippen LogP contribution in [0.2, 0.25) is 0 Å². The molecule has 0 fully saturated rings. The van der Waals surface area contributed by atoms with E-state index in [1.165, 1.54) is 0 Å². The van der Waals surface area contributed by atoms with E-state index in [-0.39, 0.29) is 24.4 Å². The van der Waals surface area contributed by atoms with Crippen LogP contribution in [-0.2, 0) is 17.8 Å². The summed E-state index contributed by atoms with van der Waals surface area (Å²) in [4.78, 5) is 13.7. The van der Waals surface area contributed by atoms with Gasteiger partial charge in [0.05, 0.1) is 12.8 Å². The van der Waals surface area contributed by atoms with E-state index in [2.05, 4.69) is 34.1 Å². The number of rotatable bonds is 9. The van der Waals surface area contributed by atoms with Crippen molar-refractivity contribution in [2.75, 3.05) is 13.4 Å². The molecule has 1 heterocycles. The number of ether oxygens (including phenoxy) is 1. The van der Waals surface area contributed by atoms with Gasteiger partial charge in [-0.15, -0.1) is 11.8 Å². The number of carbonyl (C=O) groups excluding carboxylic acids is 1. The number of methoxy groups -OCH3 is 1. The Balaban J connectivity index is 1.54. The molecule has 0 saturated heterocycles. The monoisotopic (exact) mass is 492 g/mol. The van der Waals surface area contributed by atoms with Crippen LogP contribution < -0.4 is 10.1 Å². The molecule has 0 saturated carbocycles. The molecule has 180 valence electrons. The number of thioether (sulfide) groups is 1. The van der Waals surface area contributed by atoms with Crippen LogP contribution in [0.4, 0.5) is 8.78 Å². The van der Waals surface area contributed by atoms with Gasteiger partial charge in [0.1, 0.15) is 17.4 Å². The molecule has 0 radical (unpaired) electrons. The molecule has 4 rings (SSSR count). The largest absolute Gasteiger partial charge is 0.497 e. The first-order chi connectivity index (χ1) is 17.0. The summed E-state index contributed by atoms with van der Waals surface area (Å²) in [5, 5.41) is 2.69. The fraction of sp³-hybridized carbons (Fsp3) is 0.179. The van der Waals surface area contributed by atoms with Crippen molar-refractivity contribution in [3.05, 3.63) is 102 Å². The van der Waals surface area contributed by atoms with Gasteiger partial charge >= 0.3 is 0 Å². The number of nitrogens with zero attached hydrogens (tertiary/aromatic N) is 1. The van der Waals surface area contributed by atoms with E-state index in [4.69, 9.17) is 4.74 Å². The molecular weight excluding hydrogens is 466 g/mol. The summed E-state index contributed by atoms with van der Waals surface area (Å²) in [6.45, 7) is -0.0588. The highest BCUT2D eigenvalue weighted by atomic mass is 32.2. The smallest absolute Gasteiger partial charge is 0.220 e. The second-order valence-corrected chi connectivity index (χ2v) is 8.86. The summed E-state index contributed by atoms with van der Waals surface area (Å²) in [7, 11) is 1.64. The average Bonchev–Trinajstić information content (AvgIpc) is 3.32. The average molecular weight is 493 g/mol. The summed E-state index contributed by atoms with van der Waals surface area (Å²) in [5.74, 6) is -0.529. The van der Waals surface area contributed by atoms with Crippen LogP contribution in [0, 0.1) is 11.6 Å². The van der Waals surface area contributed by atoms with Crippen LogP contribution in [0.1, 0.15) is 17.7 Å². The van der Waals surface area contributed by atoms with Crippen LogP contribution in [0.3, 0.4) is 0 Å². The standard InChI is InChI=1S/C28H26F2N2O2S/c1-34-24-10-3-19(4-11-24)27-15-8-23(32(27)22-6-12-25(35-2)13-7-22)9-16-28(33)31-18-20-17-21(29)5-14-26(20)30/h3-8,10-15,17H,9,16,18H2,1-2H3,(H,31,33). The van der Waals surface area contributed by atoms with Gasteiger partial charge in [-0.2, -0.15) is 0 Å². The van der Waals surface area contributed by atoms with E-state index in [1.807, 2.05) is 42.7 Å². The predicted octanol–water partition coefficient (Wildman–Crippen LogP) is 6.40. The minimum atomic E-state index is -0.543. The van der Waals surface area contributed by atoms with E-state index >= 15 is 0 Å². The van der Waals surface area contributed by atoms with Gasteiger partial charge in [0.15, 0.2) is 0 Å². The van der Waals surface area contributed by atoms with Crippen molar-refractivity contribution in [1.29, 1.82) is 0 Å². The molecule has 0 aliphatic rings. The van der Waals surface area contributed by atoms with Crippen molar-refractivity contribution in [2.24, 2.45) is 0 Å². The highest BCUT2D eigenvalue weighted by molar-refractivity contribution is 7.98. The van der Waals surface area contributed by atoms with E-state index in [1.54, 1.807) is 18.9 Å². The Morgan fingerprint density at radius 3 is 2.40 bits per heavy atom. The van der Waals surface area contributed by atoms with Crippen LogP contribution in [-0.4, -0.2) is 23.8 Å².